The van der Waals surface area contributed by atoms with Crippen LogP contribution in [-0.2, 0) is 14.9 Å². The average Bonchev–Trinajstić information content (AvgIpc) is 2.98. The number of nitrogens with zero attached hydrogens (tertiary/aromatic N) is 2. The first kappa shape index (κ1) is 35.3. The molecule has 0 aromatic carbocycles. The fourth-order valence-corrected chi connectivity index (χ4v) is 6.40. The molecule has 1 saturated heterocycles. The molecular formula is C28H60N2O5S+2. The van der Waals surface area contributed by atoms with E-state index in [0.29, 0.717) is 10.4 Å². The summed E-state index contributed by atoms with van der Waals surface area (Å²) in [5.41, 5.74) is 0. The number of unbranched alkanes of at least 4 members (excludes halogenated alkanes) is 13. The van der Waals surface area contributed by atoms with Crippen LogP contribution in [0, 0.1) is 11.8 Å². The number of hydrogen-bond acceptors (Lipinski definition) is 3. The monoisotopic (exact) mass is 536 g/mol. The number of hydrogen-bond donors (Lipinski definition) is 2. The zero-order valence-electron chi connectivity index (χ0n) is 24.5. The summed E-state index contributed by atoms with van der Waals surface area (Å²) < 4.78 is 33.0. The Labute approximate surface area is 223 Å². The van der Waals surface area contributed by atoms with Crippen molar-refractivity contribution in [2.45, 2.75) is 104 Å². The van der Waals surface area contributed by atoms with Crippen molar-refractivity contribution in [1.82, 2.24) is 0 Å². The van der Waals surface area contributed by atoms with Crippen LogP contribution in [0.15, 0.2) is 0 Å². The van der Waals surface area contributed by atoms with Crippen LogP contribution in [-0.4, -0.2) is 93.1 Å². The molecule has 2 N–H and O–H groups in total. The van der Waals surface area contributed by atoms with Crippen molar-refractivity contribution in [2.24, 2.45) is 11.8 Å². The number of carboxylic acid groups (broad SMARTS) is 1. The Morgan fingerprint density at radius 1 is 0.833 bits per heavy atom. The number of carboxylic acids is 1. The van der Waals surface area contributed by atoms with Gasteiger partial charge in [-0.05, 0) is 12.8 Å². The molecule has 8 heteroatoms. The number of rotatable bonds is 19. The molecule has 7 nitrogen and oxygen atoms in total. The lowest BCUT2D eigenvalue weighted by Gasteiger charge is -2.30. The van der Waals surface area contributed by atoms with Crippen LogP contribution in [0.5, 0.6) is 0 Å². The van der Waals surface area contributed by atoms with Crippen molar-refractivity contribution in [3.8, 4) is 0 Å². The zero-order valence-corrected chi connectivity index (χ0v) is 25.3. The van der Waals surface area contributed by atoms with Gasteiger partial charge in [-0.1, -0.05) is 90.9 Å². The topological polar surface area (TPSA) is 91.7 Å². The highest BCUT2D eigenvalue weighted by molar-refractivity contribution is 7.85. The van der Waals surface area contributed by atoms with E-state index in [9.17, 15) is 13.2 Å². The third kappa shape index (κ3) is 21.4. The molecule has 1 aliphatic rings. The number of likely N-dealkylation sites (N-methyl/N-ethyl adjacent to an activating group) is 1. The van der Waals surface area contributed by atoms with Crippen LogP contribution >= 0.6 is 0 Å². The molecular weight excluding hydrogens is 476 g/mol. The largest absolute Gasteiger partial charge is 0.477 e. The standard InChI is InChI=1S/C23H47NO3S.C5H11NO2/c1-4-5-6-7-8-9-10-11-12-13-14-15-16-17-18-24(3)19-22(2)23(20-24)21-28(25,26)27;1-6(2,3)4-5(7)8/h22-23H,4-21H2,1-3H3;4H2,1-3H3/p+2. The van der Waals surface area contributed by atoms with Gasteiger partial charge in [-0.25, -0.2) is 4.79 Å². The SMILES string of the molecule is CCCCCCCCCCCCCCCC[N+]1(C)CC(C)C(CS(=O)(=O)O)C1.C[N+](C)(C)CC(=O)O. The van der Waals surface area contributed by atoms with E-state index < -0.39 is 16.1 Å². The fourth-order valence-electron chi connectivity index (χ4n) is 5.43. The van der Waals surface area contributed by atoms with Crippen molar-refractivity contribution in [3.05, 3.63) is 0 Å². The van der Waals surface area contributed by atoms with E-state index >= 15 is 0 Å². The van der Waals surface area contributed by atoms with Crippen molar-refractivity contribution in [2.75, 3.05) is 60.1 Å². The predicted molar refractivity (Wildman–Crippen MR) is 151 cm³/mol. The number of carbonyl (C=O) groups is 1. The molecule has 1 rings (SSSR count). The quantitative estimate of drug-likeness (QED) is 0.123. The summed E-state index contributed by atoms with van der Waals surface area (Å²) in [5, 5.41) is 8.23. The second-order valence-corrected chi connectivity index (χ2v) is 14.1. The molecule has 3 unspecified atom stereocenters. The summed E-state index contributed by atoms with van der Waals surface area (Å²) in [5.74, 6) is -0.344. The molecule has 0 amide bonds. The number of quaternary nitrogens is 2. The third-order valence-corrected chi connectivity index (χ3v) is 8.14. The Kier molecular flexibility index (Phi) is 18.2. The molecule has 1 heterocycles. The van der Waals surface area contributed by atoms with E-state index in [4.69, 9.17) is 9.66 Å². The minimum atomic E-state index is -3.85. The lowest BCUT2D eigenvalue weighted by Crippen LogP contribution is -2.43. The maximum absolute atomic E-state index is 11.2. The van der Waals surface area contributed by atoms with Gasteiger partial charge < -0.3 is 14.1 Å². The van der Waals surface area contributed by atoms with Crippen molar-refractivity contribution in [3.63, 3.8) is 0 Å². The summed E-state index contributed by atoms with van der Waals surface area (Å²) in [6, 6.07) is 0. The second kappa shape index (κ2) is 18.5. The van der Waals surface area contributed by atoms with Gasteiger partial charge in [-0.15, -0.1) is 0 Å². The lowest BCUT2D eigenvalue weighted by molar-refractivity contribution is -0.900. The molecule has 3 atom stereocenters. The maximum Gasteiger partial charge on any atom is 0.359 e. The van der Waals surface area contributed by atoms with Gasteiger partial charge in [-0.3, -0.25) is 4.55 Å². The molecule has 0 saturated carbocycles. The minimum absolute atomic E-state index is 0.0687. The Balaban J connectivity index is 0.00000131. The summed E-state index contributed by atoms with van der Waals surface area (Å²) in [6.07, 6.45) is 19.3. The maximum atomic E-state index is 11.2. The van der Waals surface area contributed by atoms with E-state index in [-0.39, 0.29) is 18.2 Å². The third-order valence-electron chi connectivity index (χ3n) is 7.29. The minimum Gasteiger partial charge on any atom is -0.477 e. The smallest absolute Gasteiger partial charge is 0.359 e. The van der Waals surface area contributed by atoms with E-state index in [1.807, 2.05) is 21.1 Å². The van der Waals surface area contributed by atoms with Gasteiger partial charge in [0, 0.05) is 11.8 Å². The molecule has 36 heavy (non-hydrogen) atoms. The molecule has 0 aliphatic carbocycles. The number of aliphatic carboxylic acids is 1. The second-order valence-electron chi connectivity index (χ2n) is 12.6. The summed E-state index contributed by atoms with van der Waals surface area (Å²) >= 11 is 0. The normalized spacial score (nSPS) is 22.3. The highest BCUT2D eigenvalue weighted by Gasteiger charge is 2.41. The molecule has 0 aromatic heterocycles. The Morgan fingerprint density at radius 3 is 1.58 bits per heavy atom. The highest BCUT2D eigenvalue weighted by Crippen LogP contribution is 2.29. The fraction of sp³-hybridized carbons (Fsp3) is 0.964. The molecule has 0 bridgehead atoms. The van der Waals surface area contributed by atoms with E-state index in [1.165, 1.54) is 89.9 Å². The van der Waals surface area contributed by atoms with Gasteiger partial charge in [0.05, 0.1) is 53.6 Å². The van der Waals surface area contributed by atoms with E-state index in [1.54, 1.807) is 0 Å². The van der Waals surface area contributed by atoms with Crippen LogP contribution in [0.2, 0.25) is 0 Å². The van der Waals surface area contributed by atoms with Gasteiger partial charge in [0.15, 0.2) is 6.54 Å². The zero-order chi connectivity index (χ0) is 27.7. The first-order valence-electron chi connectivity index (χ1n) is 14.5. The first-order chi connectivity index (χ1) is 16.7. The van der Waals surface area contributed by atoms with Gasteiger partial charge in [0.1, 0.15) is 0 Å². The van der Waals surface area contributed by atoms with E-state index in [0.717, 1.165) is 24.1 Å². The van der Waals surface area contributed by atoms with Gasteiger partial charge >= 0.3 is 5.97 Å². The lowest BCUT2D eigenvalue weighted by atomic mass is 10.0. The Hall–Kier alpha value is -0.700. The Bertz CT molecular complexity index is 678. The van der Waals surface area contributed by atoms with Gasteiger partial charge in [0.2, 0.25) is 0 Å². The Morgan fingerprint density at radius 2 is 1.25 bits per heavy atom. The summed E-state index contributed by atoms with van der Waals surface area (Å²) in [6.45, 7) is 7.66. The molecule has 1 aliphatic heterocycles. The molecule has 0 radical (unpaired) electrons. The van der Waals surface area contributed by atoms with Crippen LogP contribution < -0.4 is 0 Å². The molecule has 0 spiro atoms. The highest BCUT2D eigenvalue weighted by atomic mass is 32.2. The van der Waals surface area contributed by atoms with Crippen molar-refractivity contribution >= 4 is 16.1 Å². The van der Waals surface area contributed by atoms with Crippen molar-refractivity contribution < 1.29 is 31.8 Å². The van der Waals surface area contributed by atoms with Crippen molar-refractivity contribution in [1.29, 1.82) is 0 Å². The van der Waals surface area contributed by atoms with Crippen LogP contribution in [0.1, 0.15) is 104 Å². The molecule has 216 valence electrons. The van der Waals surface area contributed by atoms with Gasteiger partial charge in [0.25, 0.3) is 10.1 Å². The predicted octanol–water partition coefficient (Wildman–Crippen LogP) is 5.85. The number of likely N-dealkylation sites (tertiary alicyclic amines) is 1. The molecule has 0 aromatic rings. The van der Waals surface area contributed by atoms with Crippen LogP contribution in [0.25, 0.3) is 0 Å². The van der Waals surface area contributed by atoms with E-state index in [2.05, 4.69) is 20.9 Å². The summed E-state index contributed by atoms with van der Waals surface area (Å²) in [7, 11) is 3.93. The van der Waals surface area contributed by atoms with Crippen LogP contribution in [0.4, 0.5) is 0 Å². The first-order valence-corrected chi connectivity index (χ1v) is 16.1. The van der Waals surface area contributed by atoms with Gasteiger partial charge in [-0.2, -0.15) is 8.42 Å². The average molecular weight is 537 g/mol. The molecule has 1 fully saturated rings. The van der Waals surface area contributed by atoms with Crippen LogP contribution in [0.3, 0.4) is 0 Å². The summed E-state index contributed by atoms with van der Waals surface area (Å²) in [4.78, 5) is 10.00.